The summed E-state index contributed by atoms with van der Waals surface area (Å²) in [5.74, 6) is -0.729. The summed E-state index contributed by atoms with van der Waals surface area (Å²) < 4.78 is 26.8. The van der Waals surface area contributed by atoms with Gasteiger partial charge in [0.25, 0.3) is 0 Å². The zero-order valence-electron chi connectivity index (χ0n) is 11.5. The number of rotatable bonds is 7. The van der Waals surface area contributed by atoms with Gasteiger partial charge in [-0.1, -0.05) is 6.92 Å². The first-order chi connectivity index (χ1) is 9.71. The van der Waals surface area contributed by atoms with Crippen molar-refractivity contribution in [1.82, 2.24) is 4.72 Å². The van der Waals surface area contributed by atoms with E-state index in [9.17, 15) is 23.4 Å². The maximum absolute atomic E-state index is 12.3. The molecule has 118 valence electrons. The fourth-order valence-electron chi connectivity index (χ4n) is 1.70. The van der Waals surface area contributed by atoms with E-state index in [1.54, 1.807) is 6.92 Å². The molecule has 7 N–H and O–H groups in total. The summed E-state index contributed by atoms with van der Waals surface area (Å²) in [7, 11) is -4.07. The first-order valence-corrected chi connectivity index (χ1v) is 7.64. The maximum Gasteiger partial charge on any atom is 0.248 e. The highest BCUT2D eigenvalue weighted by molar-refractivity contribution is 7.89. The van der Waals surface area contributed by atoms with Crippen molar-refractivity contribution >= 4 is 21.6 Å². The predicted octanol–water partition coefficient (Wildman–Crippen LogP) is -1.22. The molecule has 0 unspecified atom stereocenters. The lowest BCUT2D eigenvalue weighted by Crippen LogP contribution is -2.53. The Morgan fingerprint density at radius 2 is 1.90 bits per heavy atom. The molecule has 0 fully saturated rings. The number of nitrogens with two attached hydrogens (primary N) is 2. The minimum absolute atomic E-state index is 0.0810. The van der Waals surface area contributed by atoms with Gasteiger partial charge in [-0.3, -0.25) is 4.79 Å². The number of sulfonamides is 1. The highest BCUT2D eigenvalue weighted by atomic mass is 32.2. The van der Waals surface area contributed by atoms with Gasteiger partial charge in [-0.2, -0.15) is 0 Å². The van der Waals surface area contributed by atoms with Crippen LogP contribution in [0.15, 0.2) is 23.1 Å². The molecule has 0 atom stereocenters. The Balaban J connectivity index is 3.23. The molecule has 0 radical (unpaired) electrons. The summed E-state index contributed by atoms with van der Waals surface area (Å²) in [6.45, 7) is 0.478. The van der Waals surface area contributed by atoms with Crippen molar-refractivity contribution in [3.8, 4) is 0 Å². The topological polar surface area (TPSA) is 156 Å². The minimum Gasteiger partial charge on any atom is -0.398 e. The molecular weight excluding hydrogens is 298 g/mol. The van der Waals surface area contributed by atoms with Crippen LogP contribution < -0.4 is 16.2 Å². The summed E-state index contributed by atoms with van der Waals surface area (Å²) in [6, 6.07) is 3.54. The number of amides is 1. The van der Waals surface area contributed by atoms with Crippen LogP contribution in [0.5, 0.6) is 0 Å². The van der Waals surface area contributed by atoms with E-state index in [2.05, 4.69) is 4.72 Å². The van der Waals surface area contributed by atoms with Crippen LogP contribution >= 0.6 is 0 Å². The lowest BCUT2D eigenvalue weighted by atomic mass is 10.0. The zero-order chi connectivity index (χ0) is 16.3. The first-order valence-electron chi connectivity index (χ1n) is 6.16. The van der Waals surface area contributed by atoms with Crippen molar-refractivity contribution in [3.05, 3.63) is 23.8 Å². The molecule has 0 aliphatic carbocycles. The van der Waals surface area contributed by atoms with Crippen LogP contribution in [0.1, 0.15) is 23.7 Å². The van der Waals surface area contributed by atoms with E-state index < -0.39 is 34.7 Å². The normalized spacial score (nSPS) is 12.3. The Morgan fingerprint density at radius 1 is 1.33 bits per heavy atom. The van der Waals surface area contributed by atoms with Crippen LogP contribution in [0.25, 0.3) is 0 Å². The fourth-order valence-corrected chi connectivity index (χ4v) is 3.27. The monoisotopic (exact) mass is 317 g/mol. The third-order valence-corrected chi connectivity index (χ3v) is 4.87. The van der Waals surface area contributed by atoms with Crippen molar-refractivity contribution in [2.75, 3.05) is 18.9 Å². The Bertz CT molecular complexity index is 618. The number of primary amides is 1. The van der Waals surface area contributed by atoms with Crippen molar-refractivity contribution in [2.24, 2.45) is 5.73 Å². The van der Waals surface area contributed by atoms with Gasteiger partial charge in [0.05, 0.1) is 24.4 Å². The van der Waals surface area contributed by atoms with Crippen molar-refractivity contribution in [1.29, 1.82) is 0 Å². The summed E-state index contributed by atoms with van der Waals surface area (Å²) in [5, 5.41) is 18.6. The Kier molecular flexibility index (Phi) is 5.29. The van der Waals surface area contributed by atoms with Crippen LogP contribution in [0.3, 0.4) is 0 Å². The van der Waals surface area contributed by atoms with E-state index in [1.807, 2.05) is 0 Å². The molecule has 9 heteroatoms. The molecule has 21 heavy (non-hydrogen) atoms. The van der Waals surface area contributed by atoms with Crippen LogP contribution in [0.4, 0.5) is 5.69 Å². The molecule has 0 aliphatic rings. The minimum atomic E-state index is -4.07. The first kappa shape index (κ1) is 17.4. The number of benzene rings is 1. The lowest BCUT2D eigenvalue weighted by Gasteiger charge is -2.29. The zero-order valence-corrected chi connectivity index (χ0v) is 12.4. The third-order valence-electron chi connectivity index (χ3n) is 3.22. The van der Waals surface area contributed by atoms with Gasteiger partial charge >= 0.3 is 0 Å². The molecule has 0 aliphatic heterocycles. The Labute approximate surface area is 122 Å². The number of carbonyl (C=O) groups is 1. The van der Waals surface area contributed by atoms with Gasteiger partial charge in [-0.25, -0.2) is 13.1 Å². The second-order valence-corrected chi connectivity index (χ2v) is 6.32. The quantitative estimate of drug-likeness (QED) is 0.397. The highest BCUT2D eigenvalue weighted by Gasteiger charge is 2.33. The molecule has 1 aromatic carbocycles. The Hall–Kier alpha value is -1.68. The van der Waals surface area contributed by atoms with E-state index in [0.717, 1.165) is 12.1 Å². The maximum atomic E-state index is 12.3. The number of nitrogens with one attached hydrogen (secondary N) is 1. The second-order valence-electron chi connectivity index (χ2n) is 4.67. The molecule has 0 spiro atoms. The number of hydrogen-bond acceptors (Lipinski definition) is 6. The van der Waals surface area contributed by atoms with Gasteiger partial charge in [0.1, 0.15) is 4.90 Å². The molecule has 1 rings (SSSR count). The van der Waals surface area contributed by atoms with Gasteiger partial charge in [0.15, 0.2) is 0 Å². The number of aliphatic hydroxyl groups is 2. The summed E-state index contributed by atoms with van der Waals surface area (Å²) in [6.07, 6.45) is 0.179. The van der Waals surface area contributed by atoms with E-state index >= 15 is 0 Å². The van der Waals surface area contributed by atoms with Crippen molar-refractivity contribution in [2.45, 2.75) is 23.8 Å². The van der Waals surface area contributed by atoms with Crippen LogP contribution in [0.2, 0.25) is 0 Å². The fraction of sp³-hybridized carbons (Fsp3) is 0.417. The molecule has 0 saturated carbocycles. The third kappa shape index (κ3) is 3.70. The van der Waals surface area contributed by atoms with Gasteiger partial charge in [0.2, 0.25) is 15.9 Å². The van der Waals surface area contributed by atoms with Crippen LogP contribution in [-0.2, 0) is 10.0 Å². The smallest absolute Gasteiger partial charge is 0.248 e. The number of anilines is 1. The standard InChI is InChI=1S/C12H19N3O5S/c1-2-12(6-16,7-17)15-21(19,20)10-4-3-8(11(14)18)5-9(10)13/h3-5,15-17H,2,6-7,13H2,1H3,(H2,14,18). The summed E-state index contributed by atoms with van der Waals surface area (Å²) in [5.41, 5.74) is 9.27. The number of aliphatic hydroxyl groups excluding tert-OH is 2. The SMILES string of the molecule is CCC(CO)(CO)NS(=O)(=O)c1ccc(C(N)=O)cc1N. The van der Waals surface area contributed by atoms with Gasteiger partial charge in [-0.15, -0.1) is 0 Å². The molecule has 0 heterocycles. The summed E-state index contributed by atoms with van der Waals surface area (Å²) in [4.78, 5) is 10.8. The molecule has 1 amide bonds. The van der Waals surface area contributed by atoms with E-state index in [1.165, 1.54) is 6.07 Å². The second kappa shape index (κ2) is 6.39. The number of nitrogen functional groups attached to an aromatic ring is 1. The van der Waals surface area contributed by atoms with Crippen molar-refractivity contribution in [3.63, 3.8) is 0 Å². The molecule has 1 aromatic rings. The van der Waals surface area contributed by atoms with Crippen LogP contribution in [0, 0.1) is 0 Å². The van der Waals surface area contributed by atoms with Crippen molar-refractivity contribution < 1.29 is 23.4 Å². The van der Waals surface area contributed by atoms with Gasteiger partial charge in [-0.05, 0) is 24.6 Å². The van der Waals surface area contributed by atoms with Gasteiger partial charge < -0.3 is 21.7 Å². The van der Waals surface area contributed by atoms with Crippen LogP contribution in [-0.4, -0.2) is 43.3 Å². The largest absolute Gasteiger partial charge is 0.398 e. The molecule has 0 bridgehead atoms. The van der Waals surface area contributed by atoms with E-state index in [0.29, 0.717) is 0 Å². The van der Waals surface area contributed by atoms with Gasteiger partial charge in [0, 0.05) is 5.56 Å². The highest BCUT2D eigenvalue weighted by Crippen LogP contribution is 2.22. The number of carbonyl (C=O) groups excluding carboxylic acids is 1. The van der Waals surface area contributed by atoms with E-state index in [4.69, 9.17) is 11.5 Å². The predicted molar refractivity (Wildman–Crippen MR) is 76.9 cm³/mol. The Morgan fingerprint density at radius 3 is 2.29 bits per heavy atom. The number of hydrogen-bond donors (Lipinski definition) is 5. The molecular formula is C12H19N3O5S. The molecule has 0 aromatic heterocycles. The lowest BCUT2D eigenvalue weighted by molar-refractivity contribution is 0.1000. The average Bonchev–Trinajstić information content (AvgIpc) is 2.44. The summed E-state index contributed by atoms with van der Waals surface area (Å²) >= 11 is 0. The molecule has 8 nitrogen and oxygen atoms in total. The molecule has 0 saturated heterocycles. The average molecular weight is 317 g/mol. The van der Waals surface area contributed by atoms with E-state index in [-0.39, 0.29) is 22.6 Å².